The van der Waals surface area contributed by atoms with E-state index in [1.807, 2.05) is 12.1 Å². The van der Waals surface area contributed by atoms with E-state index in [-0.39, 0.29) is 0 Å². The molecule has 0 aromatic heterocycles. The van der Waals surface area contributed by atoms with Crippen LogP contribution in [0.25, 0.3) is 0 Å². The second-order valence-corrected chi connectivity index (χ2v) is 6.28. The van der Waals surface area contributed by atoms with Crippen molar-refractivity contribution in [2.45, 2.75) is 32.2 Å². The fourth-order valence-corrected chi connectivity index (χ4v) is 4.23. The molecule has 0 bridgehead atoms. The van der Waals surface area contributed by atoms with Gasteiger partial charge in [-0.05, 0) is 48.3 Å². The van der Waals surface area contributed by atoms with Gasteiger partial charge in [-0.15, -0.1) is 0 Å². The zero-order valence-corrected chi connectivity index (χ0v) is 11.1. The number of carbonyl (C=O) groups excluding carboxylic acids is 1. The Morgan fingerprint density at radius 3 is 2.84 bits per heavy atom. The summed E-state index contributed by atoms with van der Waals surface area (Å²) in [7, 11) is 0. The largest absolute Gasteiger partial charge is 0.398 e. The quantitative estimate of drug-likeness (QED) is 0.783. The predicted octanol–water partition coefficient (Wildman–Crippen LogP) is 2.20. The summed E-state index contributed by atoms with van der Waals surface area (Å²) in [6.07, 6.45) is 4.80. The minimum absolute atomic E-state index is 0.358. The fourth-order valence-electron chi connectivity index (χ4n) is 4.23. The van der Waals surface area contributed by atoms with E-state index in [1.165, 1.54) is 30.4 Å². The summed E-state index contributed by atoms with van der Waals surface area (Å²) < 4.78 is 0. The first-order chi connectivity index (χ1) is 9.25. The number of hydrogen-bond donors (Lipinski definition) is 1. The summed E-state index contributed by atoms with van der Waals surface area (Å²) in [5, 5.41) is 0. The first-order valence-electron chi connectivity index (χ1n) is 7.41. The lowest BCUT2D eigenvalue weighted by Gasteiger charge is -2.30. The number of nitrogen functional groups attached to an aromatic ring is 1. The van der Waals surface area contributed by atoms with Crippen molar-refractivity contribution < 1.29 is 4.79 Å². The molecule has 0 radical (unpaired) electrons. The Morgan fingerprint density at radius 1 is 1.26 bits per heavy atom. The maximum atomic E-state index is 12.6. The van der Waals surface area contributed by atoms with Crippen molar-refractivity contribution in [1.82, 2.24) is 4.90 Å². The van der Waals surface area contributed by atoms with Crippen LogP contribution >= 0.6 is 0 Å². The molecule has 1 amide bonds. The van der Waals surface area contributed by atoms with Gasteiger partial charge >= 0.3 is 0 Å². The molecule has 100 valence electrons. The van der Waals surface area contributed by atoms with Crippen LogP contribution in [-0.4, -0.2) is 17.4 Å². The number of nitrogens with two attached hydrogens (primary N) is 1. The monoisotopic (exact) mass is 256 g/mol. The number of nitrogens with zero attached hydrogens (tertiary/aromatic N) is 1. The molecule has 2 atom stereocenters. The predicted molar refractivity (Wildman–Crippen MR) is 74.3 cm³/mol. The minimum Gasteiger partial charge on any atom is -0.398 e. The molecule has 1 aliphatic heterocycles. The summed E-state index contributed by atoms with van der Waals surface area (Å²) >= 11 is 0. The highest BCUT2D eigenvalue weighted by Crippen LogP contribution is 2.58. The summed E-state index contributed by atoms with van der Waals surface area (Å²) in [5.41, 5.74) is 9.38. The van der Waals surface area contributed by atoms with E-state index in [4.69, 9.17) is 5.73 Å². The van der Waals surface area contributed by atoms with Gasteiger partial charge in [-0.25, -0.2) is 0 Å². The molecule has 0 spiro atoms. The van der Waals surface area contributed by atoms with Crippen LogP contribution in [0.5, 0.6) is 0 Å². The highest BCUT2D eigenvalue weighted by molar-refractivity contribution is 5.83. The van der Waals surface area contributed by atoms with Crippen LogP contribution in [0.2, 0.25) is 0 Å². The molecule has 3 nitrogen and oxygen atoms in total. The van der Waals surface area contributed by atoms with E-state index in [2.05, 4.69) is 11.0 Å². The number of rotatable bonds is 1. The Hall–Kier alpha value is -1.51. The van der Waals surface area contributed by atoms with Crippen molar-refractivity contribution in [1.29, 1.82) is 0 Å². The molecule has 2 saturated carbocycles. The van der Waals surface area contributed by atoms with E-state index in [9.17, 15) is 4.79 Å². The van der Waals surface area contributed by atoms with Crippen LogP contribution in [0.4, 0.5) is 5.69 Å². The molecule has 1 aromatic rings. The van der Waals surface area contributed by atoms with Gasteiger partial charge in [0.2, 0.25) is 5.91 Å². The van der Waals surface area contributed by atoms with Crippen LogP contribution < -0.4 is 5.73 Å². The molecule has 2 fully saturated rings. The van der Waals surface area contributed by atoms with Crippen molar-refractivity contribution in [3.63, 3.8) is 0 Å². The highest BCUT2D eigenvalue weighted by atomic mass is 16.2. The Morgan fingerprint density at radius 2 is 2.05 bits per heavy atom. The summed E-state index contributed by atoms with van der Waals surface area (Å²) in [6.45, 7) is 1.60. The van der Waals surface area contributed by atoms with E-state index >= 15 is 0 Å². The molecule has 19 heavy (non-hydrogen) atoms. The van der Waals surface area contributed by atoms with Crippen LogP contribution in [0, 0.1) is 17.8 Å². The van der Waals surface area contributed by atoms with Crippen LogP contribution in [0.1, 0.15) is 30.4 Å². The molecule has 2 unspecified atom stereocenters. The van der Waals surface area contributed by atoms with Gasteiger partial charge in [0.1, 0.15) is 0 Å². The average molecular weight is 256 g/mol. The third-order valence-corrected chi connectivity index (χ3v) is 5.31. The van der Waals surface area contributed by atoms with Crippen molar-refractivity contribution in [3.05, 3.63) is 29.3 Å². The summed E-state index contributed by atoms with van der Waals surface area (Å²) in [6, 6.07) is 6.06. The van der Waals surface area contributed by atoms with Crippen LogP contribution in [-0.2, 0) is 17.8 Å². The highest BCUT2D eigenvalue weighted by Gasteiger charge is 2.57. The first kappa shape index (κ1) is 11.3. The minimum atomic E-state index is 0.358. The molecular weight excluding hydrogens is 236 g/mol. The molecular formula is C16H20N2O. The van der Waals surface area contributed by atoms with Crippen molar-refractivity contribution >= 4 is 11.6 Å². The second kappa shape index (κ2) is 3.99. The Labute approximate surface area is 113 Å². The number of anilines is 1. The molecule has 2 aliphatic carbocycles. The van der Waals surface area contributed by atoms with Crippen LogP contribution in [0.15, 0.2) is 18.2 Å². The van der Waals surface area contributed by atoms with Gasteiger partial charge in [0, 0.05) is 24.7 Å². The van der Waals surface area contributed by atoms with Gasteiger partial charge in [0.15, 0.2) is 0 Å². The third-order valence-electron chi connectivity index (χ3n) is 5.31. The fraction of sp³-hybridized carbons (Fsp3) is 0.562. The van der Waals surface area contributed by atoms with Gasteiger partial charge in [-0.3, -0.25) is 4.79 Å². The number of benzene rings is 1. The van der Waals surface area contributed by atoms with Gasteiger partial charge in [0.05, 0.1) is 0 Å². The van der Waals surface area contributed by atoms with Gasteiger partial charge < -0.3 is 10.6 Å². The van der Waals surface area contributed by atoms with Gasteiger partial charge in [0.25, 0.3) is 0 Å². The van der Waals surface area contributed by atoms with Gasteiger partial charge in [-0.2, -0.15) is 0 Å². The SMILES string of the molecule is Nc1cccc2c1CCN(C(=O)C1C3CCCC31)C2. The van der Waals surface area contributed by atoms with E-state index < -0.39 is 0 Å². The smallest absolute Gasteiger partial charge is 0.226 e. The van der Waals surface area contributed by atoms with Gasteiger partial charge in [-0.1, -0.05) is 18.6 Å². The lowest BCUT2D eigenvalue weighted by Crippen LogP contribution is -2.38. The average Bonchev–Trinajstić information content (AvgIpc) is 2.90. The number of amides is 1. The number of fused-ring (bicyclic) bond motifs is 2. The normalized spacial score (nSPS) is 31.8. The number of hydrogen-bond acceptors (Lipinski definition) is 2. The lowest BCUT2D eigenvalue weighted by molar-refractivity contribution is -0.134. The Kier molecular flexibility index (Phi) is 2.38. The molecule has 3 aliphatic rings. The molecule has 1 aromatic carbocycles. The molecule has 1 heterocycles. The molecule has 3 heteroatoms. The zero-order valence-electron chi connectivity index (χ0n) is 11.1. The lowest BCUT2D eigenvalue weighted by atomic mass is 9.97. The number of carbonyl (C=O) groups is 1. The van der Waals surface area contributed by atoms with E-state index in [1.54, 1.807) is 0 Å². The van der Waals surface area contributed by atoms with Crippen molar-refractivity contribution in [2.75, 3.05) is 12.3 Å². The van der Waals surface area contributed by atoms with E-state index in [0.717, 1.165) is 37.0 Å². The molecule has 2 N–H and O–H groups in total. The third kappa shape index (κ3) is 1.67. The first-order valence-corrected chi connectivity index (χ1v) is 7.41. The Balaban J connectivity index is 1.51. The summed E-state index contributed by atoms with van der Waals surface area (Å²) in [5.74, 6) is 2.20. The maximum absolute atomic E-state index is 12.6. The Bertz CT molecular complexity index is 530. The van der Waals surface area contributed by atoms with Crippen molar-refractivity contribution in [3.8, 4) is 0 Å². The molecule has 0 saturated heterocycles. The maximum Gasteiger partial charge on any atom is 0.226 e. The van der Waals surface area contributed by atoms with Crippen molar-refractivity contribution in [2.24, 2.45) is 17.8 Å². The zero-order chi connectivity index (χ0) is 13.0. The topological polar surface area (TPSA) is 46.3 Å². The van der Waals surface area contributed by atoms with Crippen LogP contribution in [0.3, 0.4) is 0 Å². The second-order valence-electron chi connectivity index (χ2n) is 6.28. The standard InChI is InChI=1S/C16H20N2O/c17-14-6-1-3-10-9-18(8-7-11(10)14)16(19)15-12-4-2-5-13(12)15/h1,3,6,12-13,15H,2,4-5,7-9,17H2. The van der Waals surface area contributed by atoms with E-state index in [0.29, 0.717) is 11.8 Å². The summed E-state index contributed by atoms with van der Waals surface area (Å²) in [4.78, 5) is 14.6. The molecule has 4 rings (SSSR count).